The number of fused-ring (bicyclic) bond motifs is 1. The molecule has 1 aliphatic rings. The Morgan fingerprint density at radius 1 is 1.19 bits per heavy atom. The first-order valence-electron chi connectivity index (χ1n) is 7.75. The normalized spacial score (nSPS) is 17.0. The predicted molar refractivity (Wildman–Crippen MR) is 92.7 cm³/mol. The number of nitrogens with zero attached hydrogens (tertiary/aromatic N) is 1. The van der Waals surface area contributed by atoms with Gasteiger partial charge in [-0.1, -0.05) is 12.1 Å². The number of rotatable bonds is 3. The maximum atomic E-state index is 13.3. The van der Waals surface area contributed by atoms with Crippen LogP contribution in [0.5, 0.6) is 5.75 Å². The number of halogens is 2. The van der Waals surface area contributed by atoms with E-state index in [-0.39, 0.29) is 24.4 Å². The van der Waals surface area contributed by atoms with Gasteiger partial charge in [0.25, 0.3) is 5.91 Å². The summed E-state index contributed by atoms with van der Waals surface area (Å²) in [6.45, 7) is 0.0473. The molecule has 0 saturated carbocycles. The van der Waals surface area contributed by atoms with E-state index in [0.717, 1.165) is 18.4 Å². The lowest BCUT2D eigenvalue weighted by molar-refractivity contribution is -0.122. The fourth-order valence-corrected chi connectivity index (χ4v) is 3.60. The first-order valence-corrected chi connectivity index (χ1v) is 9.60. The quantitative estimate of drug-likeness (QED) is 0.885. The monoisotopic (exact) mass is 382 g/mol. The number of nitrogens with one attached hydrogen (secondary N) is 1. The zero-order valence-electron chi connectivity index (χ0n) is 13.8. The first kappa shape index (κ1) is 18.1. The average Bonchev–Trinajstić information content (AvgIpc) is 2.77. The van der Waals surface area contributed by atoms with Gasteiger partial charge in [0.2, 0.25) is 10.0 Å². The molecule has 1 unspecified atom stereocenters. The van der Waals surface area contributed by atoms with Crippen LogP contribution in [0.25, 0.3) is 0 Å². The third-order valence-corrected chi connectivity index (χ3v) is 5.06. The van der Waals surface area contributed by atoms with E-state index in [2.05, 4.69) is 5.32 Å². The summed E-state index contributed by atoms with van der Waals surface area (Å²) in [6, 6.07) is 9.48. The molecule has 1 heterocycles. The summed E-state index contributed by atoms with van der Waals surface area (Å²) >= 11 is 0. The number of carbonyl (C=O) groups excluding carboxylic acids is 1. The van der Waals surface area contributed by atoms with Crippen molar-refractivity contribution >= 4 is 27.3 Å². The standard InChI is InChI=1S/C17H16F2N2O4S/c1-26(23,24)21-9-8-16(25-15-5-3-2-4-14(15)21)17(22)20-11-6-7-12(18)13(19)10-11/h2-7,10,16H,8-9H2,1H3,(H,20,22). The highest BCUT2D eigenvalue weighted by Crippen LogP contribution is 2.34. The highest BCUT2D eigenvalue weighted by atomic mass is 32.2. The van der Waals surface area contributed by atoms with Crippen LogP contribution in [-0.2, 0) is 14.8 Å². The van der Waals surface area contributed by atoms with Gasteiger partial charge in [-0.25, -0.2) is 17.2 Å². The zero-order valence-corrected chi connectivity index (χ0v) is 14.6. The molecule has 1 aliphatic heterocycles. The van der Waals surface area contributed by atoms with E-state index in [1.54, 1.807) is 24.3 Å². The summed E-state index contributed by atoms with van der Waals surface area (Å²) in [7, 11) is -3.55. The van der Waals surface area contributed by atoms with Gasteiger partial charge in [-0.15, -0.1) is 0 Å². The molecule has 6 nitrogen and oxygen atoms in total. The van der Waals surface area contributed by atoms with Gasteiger partial charge in [0.1, 0.15) is 5.75 Å². The predicted octanol–water partition coefficient (Wildman–Crippen LogP) is 2.52. The van der Waals surface area contributed by atoms with Crippen molar-refractivity contribution in [2.45, 2.75) is 12.5 Å². The lowest BCUT2D eigenvalue weighted by Gasteiger charge is -2.20. The van der Waals surface area contributed by atoms with Crippen molar-refractivity contribution in [2.24, 2.45) is 0 Å². The van der Waals surface area contributed by atoms with Crippen molar-refractivity contribution in [2.75, 3.05) is 22.4 Å². The zero-order chi connectivity index (χ0) is 18.9. The van der Waals surface area contributed by atoms with Crippen LogP contribution >= 0.6 is 0 Å². The molecule has 2 aromatic carbocycles. The molecular weight excluding hydrogens is 366 g/mol. The van der Waals surface area contributed by atoms with Gasteiger partial charge >= 0.3 is 0 Å². The number of anilines is 2. The molecule has 0 radical (unpaired) electrons. The Morgan fingerprint density at radius 3 is 2.62 bits per heavy atom. The number of ether oxygens (including phenoxy) is 1. The minimum atomic E-state index is -3.55. The molecule has 138 valence electrons. The maximum absolute atomic E-state index is 13.3. The molecule has 26 heavy (non-hydrogen) atoms. The van der Waals surface area contributed by atoms with Crippen molar-refractivity contribution < 1.29 is 26.7 Å². The number of hydrogen-bond acceptors (Lipinski definition) is 4. The Labute approximate surface area is 149 Å². The van der Waals surface area contributed by atoms with Crippen molar-refractivity contribution in [3.8, 4) is 5.75 Å². The summed E-state index contributed by atoms with van der Waals surface area (Å²) in [4.78, 5) is 12.5. The molecule has 3 rings (SSSR count). The SMILES string of the molecule is CS(=O)(=O)N1CCC(C(=O)Nc2ccc(F)c(F)c2)Oc2ccccc21. The number of carbonyl (C=O) groups is 1. The van der Waals surface area contributed by atoms with E-state index < -0.39 is 33.7 Å². The molecule has 1 N–H and O–H groups in total. The molecule has 9 heteroatoms. The van der Waals surface area contributed by atoms with Gasteiger partial charge in [-0.05, 0) is 24.3 Å². The van der Waals surface area contributed by atoms with Crippen LogP contribution in [0.3, 0.4) is 0 Å². The van der Waals surface area contributed by atoms with Gasteiger partial charge in [0, 0.05) is 24.7 Å². The van der Waals surface area contributed by atoms with E-state index in [4.69, 9.17) is 4.74 Å². The van der Waals surface area contributed by atoms with Crippen molar-refractivity contribution in [3.05, 3.63) is 54.1 Å². The van der Waals surface area contributed by atoms with Crippen LogP contribution in [0.1, 0.15) is 6.42 Å². The summed E-state index contributed by atoms with van der Waals surface area (Å²) < 4.78 is 57.2. The second-order valence-corrected chi connectivity index (χ2v) is 7.72. The number of hydrogen-bond donors (Lipinski definition) is 1. The topological polar surface area (TPSA) is 75.7 Å². The lowest BCUT2D eigenvalue weighted by atomic mass is 10.2. The smallest absolute Gasteiger partial charge is 0.265 e. The summed E-state index contributed by atoms with van der Waals surface area (Å²) in [6.07, 6.45) is 0.180. The molecule has 0 aliphatic carbocycles. The molecular formula is C17H16F2N2O4S. The van der Waals surface area contributed by atoms with Crippen LogP contribution in [0.15, 0.2) is 42.5 Å². The van der Waals surface area contributed by atoms with Crippen LogP contribution < -0.4 is 14.4 Å². The molecule has 1 atom stereocenters. The van der Waals surface area contributed by atoms with Crippen LogP contribution in [0.2, 0.25) is 0 Å². The van der Waals surface area contributed by atoms with Gasteiger partial charge in [-0.2, -0.15) is 0 Å². The van der Waals surface area contributed by atoms with E-state index in [1.807, 2.05) is 0 Å². The summed E-state index contributed by atoms with van der Waals surface area (Å²) in [5.74, 6) is -2.44. The summed E-state index contributed by atoms with van der Waals surface area (Å²) in [5, 5.41) is 2.45. The van der Waals surface area contributed by atoms with Crippen molar-refractivity contribution in [3.63, 3.8) is 0 Å². The third kappa shape index (κ3) is 3.77. The van der Waals surface area contributed by atoms with E-state index >= 15 is 0 Å². The fraction of sp³-hybridized carbons (Fsp3) is 0.235. The van der Waals surface area contributed by atoms with Crippen LogP contribution in [0.4, 0.5) is 20.2 Å². The number of sulfonamides is 1. The molecule has 0 spiro atoms. The number of para-hydroxylation sites is 2. The summed E-state index contributed by atoms with van der Waals surface area (Å²) in [5.41, 5.74) is 0.424. The Hall–Kier alpha value is -2.68. The van der Waals surface area contributed by atoms with E-state index in [9.17, 15) is 22.0 Å². The Balaban J connectivity index is 1.84. The Bertz CT molecular complexity index is 950. The number of amides is 1. The second-order valence-electron chi connectivity index (χ2n) is 5.82. The largest absolute Gasteiger partial charge is 0.478 e. The first-order chi connectivity index (χ1) is 12.3. The highest BCUT2D eigenvalue weighted by Gasteiger charge is 2.31. The molecule has 0 aromatic heterocycles. The Kier molecular flexibility index (Phi) is 4.82. The molecule has 0 fully saturated rings. The van der Waals surface area contributed by atoms with Crippen LogP contribution in [-0.4, -0.2) is 33.2 Å². The molecule has 2 aromatic rings. The highest BCUT2D eigenvalue weighted by molar-refractivity contribution is 7.92. The third-order valence-electron chi connectivity index (χ3n) is 3.88. The van der Waals surface area contributed by atoms with Crippen LogP contribution in [0, 0.1) is 11.6 Å². The minimum absolute atomic E-state index is 0.0473. The van der Waals surface area contributed by atoms with Crippen molar-refractivity contribution in [1.29, 1.82) is 0 Å². The Morgan fingerprint density at radius 2 is 1.92 bits per heavy atom. The fourth-order valence-electron chi connectivity index (χ4n) is 2.66. The lowest BCUT2D eigenvalue weighted by Crippen LogP contribution is -2.36. The second kappa shape index (κ2) is 6.91. The molecule has 1 amide bonds. The van der Waals surface area contributed by atoms with Gasteiger partial charge in [0.15, 0.2) is 17.7 Å². The van der Waals surface area contributed by atoms with Gasteiger partial charge < -0.3 is 10.1 Å². The average molecular weight is 382 g/mol. The van der Waals surface area contributed by atoms with E-state index in [1.165, 1.54) is 10.4 Å². The van der Waals surface area contributed by atoms with Gasteiger partial charge in [-0.3, -0.25) is 9.10 Å². The molecule has 0 saturated heterocycles. The van der Waals surface area contributed by atoms with Crippen molar-refractivity contribution in [1.82, 2.24) is 0 Å². The van der Waals surface area contributed by atoms with E-state index in [0.29, 0.717) is 5.69 Å². The van der Waals surface area contributed by atoms with Gasteiger partial charge in [0.05, 0.1) is 11.9 Å². The molecule has 0 bridgehead atoms. The number of benzene rings is 2. The maximum Gasteiger partial charge on any atom is 0.265 e. The minimum Gasteiger partial charge on any atom is -0.478 e.